The number of alkyl halides is 3. The number of methoxy groups -OCH3 is 1. The molecule has 0 saturated heterocycles. The average molecular weight is 564 g/mol. The van der Waals surface area contributed by atoms with Gasteiger partial charge in [0.25, 0.3) is 5.91 Å². The molecule has 0 aromatic heterocycles. The van der Waals surface area contributed by atoms with Gasteiger partial charge in [-0.15, -0.1) is 0 Å². The maximum atomic E-state index is 13.4. The maximum Gasteiger partial charge on any atom is 0.404 e. The van der Waals surface area contributed by atoms with Crippen molar-refractivity contribution in [3.8, 4) is 5.75 Å². The summed E-state index contributed by atoms with van der Waals surface area (Å²) in [7, 11) is -1.48. The van der Waals surface area contributed by atoms with Crippen LogP contribution in [0.5, 0.6) is 5.75 Å². The molecule has 3 rings (SSSR count). The van der Waals surface area contributed by atoms with Gasteiger partial charge in [-0.1, -0.05) is 26.2 Å². The van der Waals surface area contributed by atoms with E-state index < -0.39 is 27.9 Å². The number of ether oxygens (including phenoxy) is 2. The number of halogens is 3. The van der Waals surface area contributed by atoms with Gasteiger partial charge in [0.1, 0.15) is 12.4 Å². The van der Waals surface area contributed by atoms with E-state index in [1.54, 1.807) is 14.2 Å². The highest BCUT2D eigenvalue weighted by Gasteiger charge is 2.35. The Hall–Kier alpha value is -2.05. The first-order valence-corrected chi connectivity index (χ1v) is 14.8. The van der Waals surface area contributed by atoms with Gasteiger partial charge in [-0.05, 0) is 49.8 Å². The van der Waals surface area contributed by atoms with Gasteiger partial charge in [0.05, 0.1) is 11.7 Å². The Morgan fingerprint density at radius 2 is 1.82 bits per heavy atom. The Morgan fingerprint density at radius 3 is 2.45 bits per heavy atom. The van der Waals surface area contributed by atoms with Gasteiger partial charge < -0.3 is 14.4 Å². The number of sulfonamides is 1. The molecule has 1 aliphatic carbocycles. The third-order valence-electron chi connectivity index (χ3n) is 7.42. The zero-order valence-electron chi connectivity index (χ0n) is 22.6. The summed E-state index contributed by atoms with van der Waals surface area (Å²) in [5.74, 6) is -1.49. The van der Waals surface area contributed by atoms with E-state index in [4.69, 9.17) is 9.47 Å². The van der Waals surface area contributed by atoms with E-state index in [0.29, 0.717) is 12.5 Å². The second-order valence-corrected chi connectivity index (χ2v) is 12.5. The number of carbonyl (C=O) groups is 1. The molecule has 0 radical (unpaired) electrons. The van der Waals surface area contributed by atoms with Crippen molar-refractivity contribution in [3.63, 3.8) is 0 Å². The van der Waals surface area contributed by atoms with Gasteiger partial charge in [0, 0.05) is 45.5 Å². The lowest BCUT2D eigenvalue weighted by atomic mass is 9.88. The normalized spacial score (nSPS) is 25.2. The summed E-state index contributed by atoms with van der Waals surface area (Å²) >= 11 is 0. The van der Waals surface area contributed by atoms with Crippen molar-refractivity contribution in [3.05, 3.63) is 23.8 Å². The lowest BCUT2D eigenvalue weighted by molar-refractivity contribution is -0.106. The molecule has 0 unspecified atom stereocenters. The Balaban J connectivity index is 1.90. The maximum absolute atomic E-state index is 13.4. The number of carbonyl (C=O) groups excluding carboxylic acids is 1. The molecule has 1 aromatic carbocycles. The van der Waals surface area contributed by atoms with Crippen LogP contribution >= 0.6 is 0 Å². The Morgan fingerprint density at radius 1 is 1.13 bits per heavy atom. The summed E-state index contributed by atoms with van der Waals surface area (Å²) in [5.41, 5.74) is -0.0807. The first kappa shape index (κ1) is 30.5. The van der Waals surface area contributed by atoms with Crippen molar-refractivity contribution in [2.24, 2.45) is 11.8 Å². The zero-order valence-corrected chi connectivity index (χ0v) is 23.4. The first-order chi connectivity index (χ1) is 17.8. The number of anilines is 1. The number of likely N-dealkylation sites (N-methyl/N-ethyl adjacent to an activating group) is 1. The minimum absolute atomic E-state index is 0.0296. The summed E-state index contributed by atoms with van der Waals surface area (Å²) in [4.78, 5) is 17.3. The van der Waals surface area contributed by atoms with Crippen LogP contribution < -0.4 is 9.46 Å². The second kappa shape index (κ2) is 12.9. The molecule has 1 fully saturated rings. The first-order valence-electron chi connectivity index (χ1n) is 13.1. The molecular formula is C26H40F3N3O5S. The SMILES string of the molecule is CO[C@H]1CN(C)C(=O)c2cc(NS(=O)(=O)CC(F)(F)F)ccc2OC[C@H](C)N(CC2CCCCC2)C[C@@H]1C. The van der Waals surface area contributed by atoms with Crippen molar-refractivity contribution < 1.29 is 35.9 Å². The topological polar surface area (TPSA) is 88.2 Å². The summed E-state index contributed by atoms with van der Waals surface area (Å²) < 4.78 is 75.9. The Labute approximate surface area is 223 Å². The molecule has 38 heavy (non-hydrogen) atoms. The summed E-state index contributed by atoms with van der Waals surface area (Å²) in [6.07, 6.45) is 1.04. The van der Waals surface area contributed by atoms with Crippen molar-refractivity contribution in [1.82, 2.24) is 9.80 Å². The average Bonchev–Trinajstić information content (AvgIpc) is 2.83. The molecule has 3 atom stereocenters. The van der Waals surface area contributed by atoms with Crippen LogP contribution in [0.25, 0.3) is 0 Å². The molecular weight excluding hydrogens is 523 g/mol. The minimum Gasteiger partial charge on any atom is -0.491 e. The molecule has 1 aromatic rings. The van der Waals surface area contributed by atoms with Crippen LogP contribution in [0.15, 0.2) is 18.2 Å². The van der Waals surface area contributed by atoms with Gasteiger partial charge in [-0.3, -0.25) is 14.4 Å². The molecule has 216 valence electrons. The van der Waals surface area contributed by atoms with E-state index in [1.807, 2.05) is 4.72 Å². The Bertz CT molecular complexity index is 1050. The largest absolute Gasteiger partial charge is 0.491 e. The van der Waals surface area contributed by atoms with E-state index in [0.717, 1.165) is 13.1 Å². The predicted molar refractivity (Wildman–Crippen MR) is 140 cm³/mol. The molecule has 8 nitrogen and oxygen atoms in total. The molecule has 1 saturated carbocycles. The molecule has 12 heteroatoms. The lowest BCUT2D eigenvalue weighted by Gasteiger charge is -2.38. The monoisotopic (exact) mass is 563 g/mol. The summed E-state index contributed by atoms with van der Waals surface area (Å²) in [5, 5.41) is 0. The van der Waals surface area contributed by atoms with Crippen molar-refractivity contribution in [2.45, 2.75) is 64.3 Å². The van der Waals surface area contributed by atoms with Gasteiger partial charge in [0.15, 0.2) is 5.75 Å². The van der Waals surface area contributed by atoms with Crippen molar-refractivity contribution in [1.29, 1.82) is 0 Å². The number of hydrogen-bond acceptors (Lipinski definition) is 6. The smallest absolute Gasteiger partial charge is 0.404 e. The standard InChI is InChI=1S/C26H40F3N3O5S/c1-18-13-32(14-20-8-6-5-7-9-20)19(2)16-37-23-11-10-21(30-38(34,35)17-26(27,28)29)12-22(23)25(33)31(3)15-24(18)36-4/h10-12,18-20,24,30H,5-9,13-17H2,1-4H3/t18-,19-,24-/m0/s1. The summed E-state index contributed by atoms with van der Waals surface area (Å²) in [6, 6.07) is 3.98. The third kappa shape index (κ3) is 8.74. The summed E-state index contributed by atoms with van der Waals surface area (Å²) in [6.45, 7) is 6.49. The third-order valence-corrected chi connectivity index (χ3v) is 8.67. The number of fused-ring (bicyclic) bond motifs is 1. The number of nitrogens with zero attached hydrogens (tertiary/aromatic N) is 2. The number of nitrogens with one attached hydrogen (secondary N) is 1. The Kier molecular flexibility index (Phi) is 10.3. The van der Waals surface area contributed by atoms with Gasteiger partial charge in [-0.2, -0.15) is 13.2 Å². The fourth-order valence-electron chi connectivity index (χ4n) is 5.30. The van der Waals surface area contributed by atoms with E-state index in [1.165, 1.54) is 55.2 Å². The molecule has 1 aliphatic heterocycles. The van der Waals surface area contributed by atoms with Crippen LogP contribution in [0.2, 0.25) is 0 Å². The van der Waals surface area contributed by atoms with E-state index in [9.17, 15) is 26.4 Å². The van der Waals surface area contributed by atoms with Crippen molar-refractivity contribution in [2.75, 3.05) is 50.9 Å². The van der Waals surface area contributed by atoms with Crippen LogP contribution in [0.4, 0.5) is 18.9 Å². The van der Waals surface area contributed by atoms with Gasteiger partial charge in [0.2, 0.25) is 10.0 Å². The zero-order chi connectivity index (χ0) is 28.1. The van der Waals surface area contributed by atoms with Gasteiger partial charge >= 0.3 is 6.18 Å². The quantitative estimate of drug-likeness (QED) is 0.553. The molecule has 0 spiro atoms. The van der Waals surface area contributed by atoms with Crippen LogP contribution in [-0.4, -0.2) is 88.6 Å². The molecule has 1 amide bonds. The van der Waals surface area contributed by atoms with E-state index in [2.05, 4.69) is 18.7 Å². The minimum atomic E-state index is -4.90. The highest BCUT2D eigenvalue weighted by molar-refractivity contribution is 7.92. The highest BCUT2D eigenvalue weighted by atomic mass is 32.2. The van der Waals surface area contributed by atoms with Crippen molar-refractivity contribution >= 4 is 21.6 Å². The van der Waals surface area contributed by atoms with Crippen LogP contribution in [0.1, 0.15) is 56.3 Å². The second-order valence-electron chi connectivity index (χ2n) is 10.7. The number of rotatable bonds is 6. The van der Waals surface area contributed by atoms with E-state index >= 15 is 0 Å². The lowest BCUT2D eigenvalue weighted by Crippen LogP contribution is -2.48. The molecule has 2 aliphatic rings. The predicted octanol–water partition coefficient (Wildman–Crippen LogP) is 4.38. The van der Waals surface area contributed by atoms with E-state index in [-0.39, 0.29) is 41.6 Å². The fourth-order valence-corrected chi connectivity index (χ4v) is 6.29. The van der Waals surface area contributed by atoms with Crippen LogP contribution in [-0.2, 0) is 14.8 Å². The molecule has 1 heterocycles. The van der Waals surface area contributed by atoms with Crippen LogP contribution in [0.3, 0.4) is 0 Å². The number of amides is 1. The number of benzene rings is 1. The fraction of sp³-hybridized carbons (Fsp3) is 0.731. The molecule has 0 bridgehead atoms. The number of hydrogen-bond donors (Lipinski definition) is 1. The highest BCUT2D eigenvalue weighted by Crippen LogP contribution is 2.29. The molecule has 1 N–H and O–H groups in total. The van der Waals surface area contributed by atoms with Gasteiger partial charge in [-0.25, -0.2) is 8.42 Å². The van der Waals surface area contributed by atoms with Crippen LogP contribution in [0, 0.1) is 11.8 Å².